The predicted octanol–water partition coefficient (Wildman–Crippen LogP) is 3.72. The summed E-state index contributed by atoms with van der Waals surface area (Å²) in [5.41, 5.74) is 0.527. The molecule has 0 aliphatic rings. The van der Waals surface area contributed by atoms with Crippen LogP contribution in [-0.2, 0) is 13.0 Å². The average molecular weight is 539 g/mol. The Morgan fingerprint density at radius 2 is 2.03 bits per heavy atom. The molecule has 0 radical (unpaired) electrons. The molecule has 0 amide bonds. The Morgan fingerprint density at radius 3 is 2.63 bits per heavy atom. The zero-order chi connectivity index (χ0) is 21.2. The van der Waals surface area contributed by atoms with E-state index in [1.54, 1.807) is 19.2 Å². The summed E-state index contributed by atoms with van der Waals surface area (Å²) in [5, 5.41) is 10.2. The maximum absolute atomic E-state index is 12.6. The lowest BCUT2D eigenvalue weighted by molar-refractivity contribution is -0.0505. The van der Waals surface area contributed by atoms with Crippen molar-refractivity contribution in [2.75, 3.05) is 20.7 Å². The third-order valence-corrected chi connectivity index (χ3v) is 4.01. The van der Waals surface area contributed by atoms with Crippen LogP contribution < -0.4 is 20.1 Å². The van der Waals surface area contributed by atoms with Crippen LogP contribution in [0.3, 0.4) is 0 Å². The van der Waals surface area contributed by atoms with Gasteiger partial charge in [0, 0.05) is 38.0 Å². The van der Waals surface area contributed by atoms with Crippen LogP contribution in [0, 0.1) is 0 Å². The van der Waals surface area contributed by atoms with E-state index in [1.165, 1.54) is 13.2 Å². The highest BCUT2D eigenvalue weighted by Gasteiger charge is 2.12. The number of aromatic nitrogens is 2. The Morgan fingerprint density at radius 1 is 1.27 bits per heavy atom. The first kappa shape index (κ1) is 25.9. The summed E-state index contributed by atoms with van der Waals surface area (Å²) in [4.78, 5) is 8.46. The molecule has 8 nitrogen and oxygen atoms in total. The van der Waals surface area contributed by atoms with Crippen molar-refractivity contribution in [1.29, 1.82) is 0 Å². The van der Waals surface area contributed by atoms with E-state index in [4.69, 9.17) is 9.26 Å². The number of halogens is 3. The summed E-state index contributed by atoms with van der Waals surface area (Å²) in [6, 6.07) is 4.66. The van der Waals surface area contributed by atoms with Crippen LogP contribution in [0.2, 0.25) is 0 Å². The Bertz CT molecular complexity index is 802. The lowest BCUT2D eigenvalue weighted by atomic mass is 10.2. The standard InChI is InChI=1S/C19H27F2N5O3.HI/c1-12(2)17-25-16(29-26-17)6-5-9-23-19(22-3)24-11-13-10-14(27-4)7-8-15(13)28-18(20)21;/h7-8,10,12,18H,5-6,9,11H2,1-4H3,(H2,22,23,24);1H. The molecule has 0 bridgehead atoms. The van der Waals surface area contributed by atoms with Crippen LogP contribution >= 0.6 is 24.0 Å². The van der Waals surface area contributed by atoms with Crippen LogP contribution in [0.25, 0.3) is 0 Å². The van der Waals surface area contributed by atoms with Gasteiger partial charge in [0.25, 0.3) is 0 Å². The summed E-state index contributed by atoms with van der Waals surface area (Å²) in [6.07, 6.45) is 1.41. The zero-order valence-electron chi connectivity index (χ0n) is 17.4. The fourth-order valence-corrected chi connectivity index (χ4v) is 2.48. The van der Waals surface area contributed by atoms with Gasteiger partial charge in [0.2, 0.25) is 5.89 Å². The van der Waals surface area contributed by atoms with Gasteiger partial charge in [-0.15, -0.1) is 24.0 Å². The van der Waals surface area contributed by atoms with Gasteiger partial charge in [-0.25, -0.2) is 0 Å². The molecule has 0 atom stereocenters. The van der Waals surface area contributed by atoms with Crippen molar-refractivity contribution >= 4 is 29.9 Å². The van der Waals surface area contributed by atoms with E-state index in [-0.39, 0.29) is 42.2 Å². The number of hydrogen-bond donors (Lipinski definition) is 2. The Labute approximate surface area is 191 Å². The highest BCUT2D eigenvalue weighted by atomic mass is 127. The summed E-state index contributed by atoms with van der Waals surface area (Å²) in [6.45, 7) is 1.97. The van der Waals surface area contributed by atoms with Gasteiger partial charge in [-0.3, -0.25) is 4.99 Å². The number of methoxy groups -OCH3 is 1. The van der Waals surface area contributed by atoms with Gasteiger partial charge in [0.1, 0.15) is 11.5 Å². The maximum Gasteiger partial charge on any atom is 0.387 e. The molecular weight excluding hydrogens is 511 g/mol. The van der Waals surface area contributed by atoms with Gasteiger partial charge < -0.3 is 24.6 Å². The molecule has 0 aliphatic heterocycles. The molecule has 2 rings (SSSR count). The fourth-order valence-electron chi connectivity index (χ4n) is 2.48. The molecule has 0 saturated heterocycles. The third kappa shape index (κ3) is 8.28. The van der Waals surface area contributed by atoms with Crippen molar-refractivity contribution in [3.63, 3.8) is 0 Å². The number of hydrogen-bond acceptors (Lipinski definition) is 6. The molecule has 2 aromatic rings. The van der Waals surface area contributed by atoms with Gasteiger partial charge in [0.05, 0.1) is 7.11 Å². The summed E-state index contributed by atoms with van der Waals surface area (Å²) < 4.78 is 40.1. The van der Waals surface area contributed by atoms with Crippen molar-refractivity contribution in [3.8, 4) is 11.5 Å². The number of rotatable bonds is 10. The van der Waals surface area contributed by atoms with Crippen molar-refractivity contribution in [3.05, 3.63) is 35.5 Å². The number of guanidine groups is 1. The second-order valence-corrected chi connectivity index (χ2v) is 6.51. The minimum atomic E-state index is -2.90. The molecule has 11 heteroatoms. The summed E-state index contributed by atoms with van der Waals surface area (Å²) in [5.74, 6) is 2.69. The number of nitrogens with zero attached hydrogens (tertiary/aromatic N) is 3. The molecule has 0 fully saturated rings. The monoisotopic (exact) mass is 539 g/mol. The first-order chi connectivity index (χ1) is 13.9. The number of nitrogens with one attached hydrogen (secondary N) is 2. The number of alkyl halides is 2. The molecular formula is C19H28F2IN5O3. The van der Waals surface area contributed by atoms with Crippen LogP contribution in [0.1, 0.15) is 43.5 Å². The highest BCUT2D eigenvalue weighted by molar-refractivity contribution is 14.0. The van der Waals surface area contributed by atoms with Crippen molar-refractivity contribution in [2.45, 2.75) is 45.8 Å². The second kappa shape index (κ2) is 13.2. The Hall–Kier alpha value is -2.18. The minimum Gasteiger partial charge on any atom is -0.497 e. The molecule has 0 unspecified atom stereocenters. The molecule has 1 heterocycles. The first-order valence-electron chi connectivity index (χ1n) is 9.31. The maximum atomic E-state index is 12.6. The van der Waals surface area contributed by atoms with E-state index in [9.17, 15) is 8.78 Å². The number of ether oxygens (including phenoxy) is 2. The molecule has 0 saturated carbocycles. The largest absolute Gasteiger partial charge is 0.497 e. The first-order valence-corrected chi connectivity index (χ1v) is 9.31. The topological polar surface area (TPSA) is 93.8 Å². The van der Waals surface area contributed by atoms with E-state index >= 15 is 0 Å². The summed E-state index contributed by atoms with van der Waals surface area (Å²) in [7, 11) is 3.14. The van der Waals surface area contributed by atoms with E-state index < -0.39 is 6.61 Å². The molecule has 1 aromatic heterocycles. The number of benzene rings is 1. The normalized spacial score (nSPS) is 11.4. The molecule has 1 aromatic carbocycles. The van der Waals surface area contributed by atoms with E-state index in [0.717, 1.165) is 6.42 Å². The van der Waals surface area contributed by atoms with Crippen LogP contribution in [0.5, 0.6) is 11.5 Å². The highest BCUT2D eigenvalue weighted by Crippen LogP contribution is 2.25. The Kier molecular flexibility index (Phi) is 11.4. The molecule has 30 heavy (non-hydrogen) atoms. The quantitative estimate of drug-likeness (QED) is 0.206. The number of aliphatic imine (C=N–C) groups is 1. The molecule has 0 spiro atoms. The smallest absolute Gasteiger partial charge is 0.387 e. The van der Waals surface area contributed by atoms with Crippen LogP contribution in [-0.4, -0.2) is 43.4 Å². The van der Waals surface area contributed by atoms with Gasteiger partial charge in [-0.2, -0.15) is 13.8 Å². The molecule has 168 valence electrons. The van der Waals surface area contributed by atoms with Gasteiger partial charge in [0.15, 0.2) is 11.8 Å². The summed E-state index contributed by atoms with van der Waals surface area (Å²) >= 11 is 0. The minimum absolute atomic E-state index is 0. The van der Waals surface area contributed by atoms with Crippen LogP contribution in [0.15, 0.2) is 27.7 Å². The lowest BCUT2D eigenvalue weighted by Crippen LogP contribution is -2.37. The van der Waals surface area contributed by atoms with Crippen molar-refractivity contribution < 1.29 is 22.8 Å². The van der Waals surface area contributed by atoms with Crippen molar-refractivity contribution in [2.24, 2.45) is 4.99 Å². The molecule has 2 N–H and O–H groups in total. The Balaban J connectivity index is 0.00000450. The van der Waals surface area contributed by atoms with E-state index in [2.05, 4.69) is 30.5 Å². The van der Waals surface area contributed by atoms with E-state index in [1.807, 2.05) is 13.8 Å². The van der Waals surface area contributed by atoms with Crippen LogP contribution in [0.4, 0.5) is 8.78 Å². The van der Waals surface area contributed by atoms with E-state index in [0.29, 0.717) is 42.0 Å². The second-order valence-electron chi connectivity index (χ2n) is 6.51. The SMILES string of the molecule is CN=C(NCCCc1nc(C(C)C)no1)NCc1cc(OC)ccc1OC(F)F.I. The number of aryl methyl sites for hydroxylation is 1. The van der Waals surface area contributed by atoms with Crippen molar-refractivity contribution in [1.82, 2.24) is 20.8 Å². The fraction of sp³-hybridized carbons (Fsp3) is 0.526. The predicted molar refractivity (Wildman–Crippen MR) is 120 cm³/mol. The lowest BCUT2D eigenvalue weighted by Gasteiger charge is -2.15. The van der Waals surface area contributed by atoms with Gasteiger partial charge in [-0.05, 0) is 24.6 Å². The average Bonchev–Trinajstić information content (AvgIpc) is 3.17. The zero-order valence-corrected chi connectivity index (χ0v) is 19.8. The molecule has 0 aliphatic carbocycles. The van der Waals surface area contributed by atoms with Gasteiger partial charge >= 0.3 is 6.61 Å². The van der Waals surface area contributed by atoms with Gasteiger partial charge in [-0.1, -0.05) is 19.0 Å². The third-order valence-electron chi connectivity index (χ3n) is 4.01.